The third kappa shape index (κ3) is 3.09. The van der Waals surface area contributed by atoms with Crippen LogP contribution in [-0.2, 0) is 4.79 Å². The van der Waals surface area contributed by atoms with Gasteiger partial charge < -0.3 is 24.8 Å². The Labute approximate surface area is 146 Å². The molecule has 3 N–H and O–H groups in total. The first-order valence-corrected chi connectivity index (χ1v) is 7.76. The highest BCUT2D eigenvalue weighted by Crippen LogP contribution is 2.40. The molecule has 0 saturated carbocycles. The average Bonchev–Trinajstić information content (AvgIpc) is 3.18. The Morgan fingerprint density at radius 2 is 2.00 bits per heavy atom. The quantitative estimate of drug-likeness (QED) is 0.628. The largest absolute Gasteiger partial charge is 0.454 e. The van der Waals surface area contributed by atoms with Gasteiger partial charge >= 0.3 is 5.69 Å². The second-order valence-corrected chi connectivity index (χ2v) is 5.81. The number of hydrogen-bond donors (Lipinski definition) is 3. The molecule has 25 heavy (non-hydrogen) atoms. The van der Waals surface area contributed by atoms with Crippen molar-refractivity contribution in [3.63, 3.8) is 0 Å². The topological polar surface area (TPSA) is 96.2 Å². The Morgan fingerprint density at radius 3 is 2.88 bits per heavy atom. The fourth-order valence-corrected chi connectivity index (χ4v) is 2.82. The predicted octanol–water partition coefficient (Wildman–Crippen LogP) is 2.89. The lowest BCUT2D eigenvalue weighted by Crippen LogP contribution is -2.07. The molecule has 0 radical (unpaired) electrons. The summed E-state index contributed by atoms with van der Waals surface area (Å²) in [5, 5.41) is 3.16. The van der Waals surface area contributed by atoms with Crippen LogP contribution in [0.3, 0.4) is 0 Å². The number of amides is 1. The minimum atomic E-state index is -0.314. The van der Waals surface area contributed by atoms with Crippen LogP contribution in [0, 0.1) is 0 Å². The van der Waals surface area contributed by atoms with Crippen LogP contribution in [0.2, 0.25) is 5.02 Å². The second kappa shape index (κ2) is 6.03. The van der Waals surface area contributed by atoms with E-state index in [-0.39, 0.29) is 18.4 Å². The van der Waals surface area contributed by atoms with Crippen molar-refractivity contribution in [3.05, 3.63) is 57.5 Å². The van der Waals surface area contributed by atoms with Gasteiger partial charge in [0.1, 0.15) is 0 Å². The average molecular weight is 358 g/mol. The molecule has 0 spiro atoms. The fraction of sp³-hybridized carbons (Fsp3) is 0.0588. The minimum absolute atomic E-state index is 0.131. The molecule has 2 heterocycles. The number of imidazole rings is 1. The van der Waals surface area contributed by atoms with Gasteiger partial charge in [0.2, 0.25) is 12.7 Å². The van der Waals surface area contributed by atoms with Crippen molar-refractivity contribution in [1.29, 1.82) is 0 Å². The number of rotatable bonds is 3. The lowest BCUT2D eigenvalue weighted by Gasteiger charge is -2.03. The van der Waals surface area contributed by atoms with Gasteiger partial charge in [-0.05, 0) is 42.0 Å². The van der Waals surface area contributed by atoms with E-state index in [2.05, 4.69) is 15.3 Å². The zero-order chi connectivity index (χ0) is 17.4. The molecule has 0 fully saturated rings. The summed E-state index contributed by atoms with van der Waals surface area (Å²) in [5.41, 5.74) is 2.29. The molecule has 0 aliphatic carbocycles. The molecule has 0 saturated heterocycles. The summed E-state index contributed by atoms with van der Waals surface area (Å²) in [7, 11) is 0. The summed E-state index contributed by atoms with van der Waals surface area (Å²) >= 11 is 6.11. The molecular formula is C17H12ClN3O4. The first-order valence-electron chi connectivity index (χ1n) is 7.39. The van der Waals surface area contributed by atoms with Gasteiger partial charge in [-0.15, -0.1) is 0 Å². The van der Waals surface area contributed by atoms with E-state index in [4.69, 9.17) is 21.1 Å². The van der Waals surface area contributed by atoms with Gasteiger partial charge in [0.25, 0.3) is 0 Å². The van der Waals surface area contributed by atoms with Crippen LogP contribution in [-0.4, -0.2) is 22.7 Å². The van der Waals surface area contributed by atoms with Gasteiger partial charge in [-0.2, -0.15) is 0 Å². The molecule has 3 aromatic rings. The van der Waals surface area contributed by atoms with Crippen molar-refractivity contribution < 1.29 is 14.3 Å². The monoisotopic (exact) mass is 357 g/mol. The lowest BCUT2D eigenvalue weighted by molar-refractivity contribution is -0.111. The molecular weight excluding hydrogens is 346 g/mol. The number of carbonyl (C=O) groups is 1. The number of fused-ring (bicyclic) bond motifs is 2. The number of hydrogen-bond acceptors (Lipinski definition) is 4. The number of aromatic amines is 2. The van der Waals surface area contributed by atoms with Crippen molar-refractivity contribution >= 4 is 40.3 Å². The molecule has 0 atom stereocenters. The normalized spacial score (nSPS) is 12.8. The maximum atomic E-state index is 12.1. The molecule has 7 nitrogen and oxygen atoms in total. The molecule has 0 unspecified atom stereocenters. The first-order chi connectivity index (χ1) is 12.1. The Balaban J connectivity index is 1.50. The summed E-state index contributed by atoms with van der Waals surface area (Å²) in [6.07, 6.45) is 3.01. The third-order valence-electron chi connectivity index (χ3n) is 3.66. The summed E-state index contributed by atoms with van der Waals surface area (Å²) in [6.45, 7) is 0.131. The molecule has 8 heteroatoms. The van der Waals surface area contributed by atoms with Crippen molar-refractivity contribution in [2.75, 3.05) is 12.1 Å². The van der Waals surface area contributed by atoms with E-state index in [9.17, 15) is 9.59 Å². The molecule has 2 aromatic carbocycles. The van der Waals surface area contributed by atoms with Gasteiger partial charge in [0, 0.05) is 11.8 Å². The van der Waals surface area contributed by atoms with Crippen LogP contribution < -0.4 is 20.5 Å². The third-order valence-corrected chi connectivity index (χ3v) is 3.94. The van der Waals surface area contributed by atoms with Crippen molar-refractivity contribution in [3.8, 4) is 11.5 Å². The van der Waals surface area contributed by atoms with Gasteiger partial charge in [-0.25, -0.2) is 4.79 Å². The van der Waals surface area contributed by atoms with E-state index in [0.717, 1.165) is 5.56 Å². The SMILES string of the molecule is O=C(/C=C/c1cc(Cl)c2c(c1)OCO2)Nc1ccc2[nH]c(=O)[nH]c2c1. The van der Waals surface area contributed by atoms with Crippen LogP contribution in [0.4, 0.5) is 5.69 Å². The van der Waals surface area contributed by atoms with E-state index in [0.29, 0.717) is 33.2 Å². The summed E-state index contributed by atoms with van der Waals surface area (Å²) < 4.78 is 10.5. The molecule has 0 bridgehead atoms. The number of carbonyl (C=O) groups excluding carboxylic acids is 1. The fourth-order valence-electron chi connectivity index (χ4n) is 2.55. The minimum Gasteiger partial charge on any atom is -0.454 e. The van der Waals surface area contributed by atoms with Gasteiger partial charge in [-0.1, -0.05) is 11.6 Å². The predicted molar refractivity (Wildman–Crippen MR) is 94.2 cm³/mol. The highest BCUT2D eigenvalue weighted by atomic mass is 35.5. The lowest BCUT2D eigenvalue weighted by atomic mass is 10.2. The smallest absolute Gasteiger partial charge is 0.323 e. The number of nitrogens with one attached hydrogen (secondary N) is 3. The van der Waals surface area contributed by atoms with E-state index >= 15 is 0 Å². The van der Waals surface area contributed by atoms with Crippen LogP contribution in [0.1, 0.15) is 5.56 Å². The zero-order valence-electron chi connectivity index (χ0n) is 12.8. The Bertz CT molecular complexity index is 1070. The molecule has 1 aliphatic heterocycles. The van der Waals surface area contributed by atoms with Crippen LogP contribution in [0.5, 0.6) is 11.5 Å². The number of halogens is 1. The molecule has 1 aliphatic rings. The van der Waals surface area contributed by atoms with Gasteiger partial charge in [0.05, 0.1) is 16.1 Å². The molecule has 1 amide bonds. The highest BCUT2D eigenvalue weighted by molar-refractivity contribution is 6.32. The van der Waals surface area contributed by atoms with Crippen molar-refractivity contribution in [2.45, 2.75) is 0 Å². The van der Waals surface area contributed by atoms with Crippen molar-refractivity contribution in [2.24, 2.45) is 0 Å². The van der Waals surface area contributed by atoms with Gasteiger partial charge in [0.15, 0.2) is 11.5 Å². The Hall–Kier alpha value is -3.19. The summed E-state index contributed by atoms with van der Waals surface area (Å²) in [4.78, 5) is 28.6. The zero-order valence-corrected chi connectivity index (χ0v) is 13.5. The Morgan fingerprint density at radius 1 is 1.16 bits per heavy atom. The van der Waals surface area contributed by atoms with Crippen LogP contribution >= 0.6 is 11.6 Å². The van der Waals surface area contributed by atoms with Crippen LogP contribution in [0.25, 0.3) is 17.1 Å². The van der Waals surface area contributed by atoms with Gasteiger partial charge in [-0.3, -0.25) is 4.79 Å². The first kappa shape index (κ1) is 15.3. The molecule has 4 rings (SSSR count). The number of H-pyrrole nitrogens is 2. The maximum Gasteiger partial charge on any atom is 0.323 e. The molecule has 126 valence electrons. The van der Waals surface area contributed by atoms with E-state index in [1.54, 1.807) is 36.4 Å². The number of anilines is 1. The van der Waals surface area contributed by atoms with E-state index in [1.807, 2.05) is 0 Å². The molecule has 1 aromatic heterocycles. The second-order valence-electron chi connectivity index (χ2n) is 5.40. The Kier molecular flexibility index (Phi) is 3.70. The number of aromatic nitrogens is 2. The highest BCUT2D eigenvalue weighted by Gasteiger charge is 2.17. The number of benzene rings is 2. The van der Waals surface area contributed by atoms with Crippen molar-refractivity contribution in [1.82, 2.24) is 9.97 Å². The summed E-state index contributed by atoms with van der Waals surface area (Å²) in [5.74, 6) is 0.748. The summed E-state index contributed by atoms with van der Waals surface area (Å²) in [6, 6.07) is 8.53. The number of ether oxygens (including phenoxy) is 2. The van der Waals surface area contributed by atoms with E-state index < -0.39 is 0 Å². The maximum absolute atomic E-state index is 12.1. The standard InChI is InChI=1S/C17H12ClN3O4/c18-11-5-9(6-14-16(11)25-8-24-14)1-4-15(22)19-10-2-3-12-13(7-10)21-17(23)20-12/h1-7H,8H2,(H,19,22)(H2,20,21,23)/b4-1+. The van der Waals surface area contributed by atoms with Crippen LogP contribution in [0.15, 0.2) is 41.2 Å². The van der Waals surface area contributed by atoms with E-state index in [1.165, 1.54) is 6.08 Å².